The second kappa shape index (κ2) is 37.2. The molecule has 10 heteroatoms. The van der Waals surface area contributed by atoms with E-state index in [-0.39, 0.29) is 32.6 Å². The molecule has 2 atom stereocenters. The largest absolute Gasteiger partial charge is 0.472 e. The number of nitrogens with two attached hydrogens (primary N) is 1. The molecule has 292 valence electrons. The highest BCUT2D eigenvalue weighted by atomic mass is 31.2. The van der Waals surface area contributed by atoms with Gasteiger partial charge in [0.15, 0.2) is 6.10 Å². The molecule has 0 amide bonds. The molecule has 0 bridgehead atoms. The summed E-state index contributed by atoms with van der Waals surface area (Å²) in [5, 5.41) is 0. The van der Waals surface area contributed by atoms with Crippen molar-refractivity contribution in [2.24, 2.45) is 5.73 Å². The minimum Gasteiger partial charge on any atom is -0.462 e. The van der Waals surface area contributed by atoms with Gasteiger partial charge in [0, 0.05) is 19.4 Å². The number of hydrogen-bond donors (Lipinski definition) is 2. The Labute approximate surface area is 310 Å². The van der Waals surface area contributed by atoms with Gasteiger partial charge in [0.05, 0.1) is 13.2 Å². The van der Waals surface area contributed by atoms with Gasteiger partial charge in [-0.25, -0.2) is 4.57 Å². The smallest absolute Gasteiger partial charge is 0.462 e. The van der Waals surface area contributed by atoms with Crippen molar-refractivity contribution in [3.8, 4) is 0 Å². The summed E-state index contributed by atoms with van der Waals surface area (Å²) in [5.41, 5.74) is 5.33. The number of carbonyl (C=O) groups excluding carboxylic acids is 2. The van der Waals surface area contributed by atoms with Gasteiger partial charge in [0.1, 0.15) is 6.61 Å². The fourth-order valence-electron chi connectivity index (χ4n) is 4.72. The molecule has 0 rings (SSSR count). The fourth-order valence-corrected chi connectivity index (χ4v) is 5.49. The number of phosphoric ester groups is 1. The summed E-state index contributed by atoms with van der Waals surface area (Å²) >= 11 is 0. The molecule has 0 heterocycles. The van der Waals surface area contributed by atoms with E-state index in [4.69, 9.17) is 24.3 Å². The fraction of sp³-hybridized carbons (Fsp3) is 0.659. The third kappa shape index (κ3) is 37.0. The van der Waals surface area contributed by atoms with Crippen molar-refractivity contribution in [3.63, 3.8) is 0 Å². The Hall–Kier alpha value is -2.55. The molecule has 0 spiro atoms. The van der Waals surface area contributed by atoms with Crippen LogP contribution in [0, 0.1) is 0 Å². The zero-order chi connectivity index (χ0) is 37.5. The van der Waals surface area contributed by atoms with Gasteiger partial charge in [-0.2, -0.15) is 0 Å². The van der Waals surface area contributed by atoms with Gasteiger partial charge in [-0.3, -0.25) is 18.6 Å². The van der Waals surface area contributed by atoms with Gasteiger partial charge in [-0.15, -0.1) is 0 Å². The Morgan fingerprint density at radius 3 is 1.69 bits per heavy atom. The first-order valence-corrected chi connectivity index (χ1v) is 20.9. The van der Waals surface area contributed by atoms with Crippen molar-refractivity contribution < 1.29 is 37.6 Å². The van der Waals surface area contributed by atoms with E-state index in [0.717, 1.165) is 64.2 Å². The molecule has 0 aromatic rings. The first-order valence-electron chi connectivity index (χ1n) is 19.4. The topological polar surface area (TPSA) is 134 Å². The van der Waals surface area contributed by atoms with Gasteiger partial charge in [0.25, 0.3) is 0 Å². The predicted octanol–water partition coefficient (Wildman–Crippen LogP) is 10.7. The predicted molar refractivity (Wildman–Crippen MR) is 210 cm³/mol. The Balaban J connectivity index is 4.36. The highest BCUT2D eigenvalue weighted by molar-refractivity contribution is 7.47. The van der Waals surface area contributed by atoms with Crippen LogP contribution < -0.4 is 5.73 Å². The second-order valence-electron chi connectivity index (χ2n) is 12.4. The van der Waals surface area contributed by atoms with E-state index in [2.05, 4.69) is 80.7 Å². The lowest BCUT2D eigenvalue weighted by Gasteiger charge is -2.19. The van der Waals surface area contributed by atoms with Crippen LogP contribution >= 0.6 is 7.82 Å². The Morgan fingerprint density at radius 1 is 0.608 bits per heavy atom. The maximum Gasteiger partial charge on any atom is 0.472 e. The van der Waals surface area contributed by atoms with Gasteiger partial charge in [0.2, 0.25) is 0 Å². The first kappa shape index (κ1) is 48.5. The van der Waals surface area contributed by atoms with E-state index in [9.17, 15) is 19.0 Å². The molecule has 0 saturated heterocycles. The molecule has 51 heavy (non-hydrogen) atoms. The van der Waals surface area contributed by atoms with Gasteiger partial charge in [-0.1, -0.05) is 125 Å². The monoisotopic (exact) mass is 735 g/mol. The number of ether oxygens (including phenoxy) is 2. The quantitative estimate of drug-likeness (QED) is 0.0282. The normalized spacial score (nSPS) is 14.2. The standard InChI is InChI=1S/C41H70NO8P/c1-3-5-7-9-11-13-15-17-18-19-20-22-24-26-28-30-32-34-41(44)50-39(38-49-51(45,46)48-36-35-42)37-47-40(43)33-31-29-27-25-23-21-16-14-12-10-8-6-4-2/h5,7,11,13-14,16-18,20,22,26,28,39H,3-4,6,8-10,12,15,19,21,23-25,27,29-38,42H2,1-2H3,(H,45,46)/t39-/m1/s1. The third-order valence-corrected chi connectivity index (χ3v) is 8.56. The number of esters is 2. The Morgan fingerprint density at radius 2 is 1.10 bits per heavy atom. The van der Waals surface area contributed by atoms with Crippen molar-refractivity contribution in [1.82, 2.24) is 0 Å². The number of carbonyl (C=O) groups is 2. The SMILES string of the molecule is CCC=CCC=CCC=CCC=CCC=CCCCC(=O)O[C@H](COC(=O)CCCCCCCC=CCCCCCC)COP(=O)(O)OCCN. The summed E-state index contributed by atoms with van der Waals surface area (Å²) in [4.78, 5) is 34.7. The molecule has 0 aliphatic rings. The van der Waals surface area contributed by atoms with E-state index in [0.29, 0.717) is 19.3 Å². The molecule has 0 aromatic heterocycles. The minimum atomic E-state index is -4.39. The van der Waals surface area contributed by atoms with Gasteiger partial charge < -0.3 is 20.1 Å². The zero-order valence-corrected chi connectivity index (χ0v) is 32.7. The molecule has 3 N–H and O–H groups in total. The van der Waals surface area contributed by atoms with Crippen molar-refractivity contribution in [2.75, 3.05) is 26.4 Å². The lowest BCUT2D eigenvalue weighted by Crippen LogP contribution is -2.29. The molecular formula is C41H70NO8P. The number of rotatable bonds is 35. The van der Waals surface area contributed by atoms with E-state index in [1.807, 2.05) is 6.08 Å². The van der Waals surface area contributed by atoms with Crippen molar-refractivity contribution in [1.29, 1.82) is 0 Å². The van der Waals surface area contributed by atoms with Crippen LogP contribution in [0.3, 0.4) is 0 Å². The van der Waals surface area contributed by atoms with Crippen LogP contribution in [0.1, 0.15) is 142 Å². The van der Waals surface area contributed by atoms with Crippen LogP contribution in [0.4, 0.5) is 0 Å². The molecule has 0 aromatic carbocycles. The Bertz CT molecular complexity index is 1070. The summed E-state index contributed by atoms with van der Waals surface area (Å²) < 4.78 is 32.6. The highest BCUT2D eigenvalue weighted by Crippen LogP contribution is 2.43. The van der Waals surface area contributed by atoms with Crippen LogP contribution in [-0.4, -0.2) is 49.3 Å². The zero-order valence-electron chi connectivity index (χ0n) is 31.8. The van der Waals surface area contributed by atoms with Crippen molar-refractivity contribution in [2.45, 2.75) is 148 Å². The number of hydrogen-bond acceptors (Lipinski definition) is 8. The van der Waals surface area contributed by atoms with Crippen LogP contribution in [0.2, 0.25) is 0 Å². The molecule has 0 aliphatic heterocycles. The lowest BCUT2D eigenvalue weighted by molar-refractivity contribution is -0.161. The molecule has 0 aliphatic carbocycles. The second-order valence-corrected chi connectivity index (χ2v) is 13.9. The van der Waals surface area contributed by atoms with Crippen molar-refractivity contribution >= 4 is 19.8 Å². The van der Waals surface area contributed by atoms with Crippen LogP contribution in [-0.2, 0) is 32.7 Å². The summed E-state index contributed by atoms with van der Waals surface area (Å²) in [7, 11) is -4.39. The average molecular weight is 736 g/mol. The Kier molecular flexibility index (Phi) is 35.4. The van der Waals surface area contributed by atoms with E-state index < -0.39 is 32.5 Å². The lowest BCUT2D eigenvalue weighted by atomic mass is 10.1. The van der Waals surface area contributed by atoms with Crippen LogP contribution in [0.25, 0.3) is 0 Å². The first-order chi connectivity index (χ1) is 24.8. The summed E-state index contributed by atoms with van der Waals surface area (Å²) in [6.07, 6.45) is 43.7. The van der Waals surface area contributed by atoms with E-state index in [1.165, 1.54) is 32.1 Å². The maximum absolute atomic E-state index is 12.5. The van der Waals surface area contributed by atoms with Crippen LogP contribution in [0.15, 0.2) is 72.9 Å². The third-order valence-electron chi connectivity index (χ3n) is 7.58. The highest BCUT2D eigenvalue weighted by Gasteiger charge is 2.25. The molecule has 1 unspecified atom stereocenters. The van der Waals surface area contributed by atoms with Crippen molar-refractivity contribution in [3.05, 3.63) is 72.9 Å². The summed E-state index contributed by atoms with van der Waals surface area (Å²) in [6, 6.07) is 0. The van der Waals surface area contributed by atoms with Gasteiger partial charge in [-0.05, 0) is 77.0 Å². The summed E-state index contributed by atoms with van der Waals surface area (Å²) in [5.74, 6) is -0.916. The molecule has 0 radical (unpaired) electrons. The molecule has 9 nitrogen and oxygen atoms in total. The average Bonchev–Trinajstić information content (AvgIpc) is 3.11. The molecule has 0 saturated carbocycles. The molecular weight excluding hydrogens is 665 g/mol. The summed E-state index contributed by atoms with van der Waals surface area (Å²) in [6.45, 7) is 3.49. The maximum atomic E-state index is 12.5. The van der Waals surface area contributed by atoms with Gasteiger partial charge >= 0.3 is 19.8 Å². The van der Waals surface area contributed by atoms with E-state index >= 15 is 0 Å². The number of unbranched alkanes of at least 4 members (excludes halogenated alkanes) is 10. The molecule has 0 fully saturated rings. The van der Waals surface area contributed by atoms with Crippen LogP contribution in [0.5, 0.6) is 0 Å². The number of allylic oxidation sites excluding steroid dienone is 12. The van der Waals surface area contributed by atoms with E-state index in [1.54, 1.807) is 0 Å². The minimum absolute atomic E-state index is 0.0397. The number of phosphoric acid groups is 1.